The summed E-state index contributed by atoms with van der Waals surface area (Å²) in [6.45, 7) is 13.5. The van der Waals surface area contributed by atoms with E-state index >= 15 is 0 Å². The van der Waals surface area contributed by atoms with Gasteiger partial charge in [-0.2, -0.15) is 0 Å². The third kappa shape index (κ3) is 9.45. The molecule has 0 spiro atoms. The van der Waals surface area contributed by atoms with Crippen molar-refractivity contribution in [1.29, 1.82) is 0 Å². The van der Waals surface area contributed by atoms with Crippen molar-refractivity contribution in [1.82, 2.24) is 4.90 Å². The lowest BCUT2D eigenvalue weighted by Crippen LogP contribution is -2.38. The molecule has 2 heteroatoms. The summed E-state index contributed by atoms with van der Waals surface area (Å²) in [5.74, 6) is 0. The second-order valence-corrected chi connectivity index (χ2v) is 6.22. The van der Waals surface area contributed by atoms with Crippen LogP contribution in [0.25, 0.3) is 0 Å². The average Bonchev–Trinajstić information content (AvgIpc) is 2.40. The predicted molar refractivity (Wildman–Crippen MR) is 85.8 cm³/mol. The summed E-state index contributed by atoms with van der Waals surface area (Å²) in [5.41, 5.74) is 0.325. The Morgan fingerprint density at radius 1 is 0.895 bits per heavy atom. The summed E-state index contributed by atoms with van der Waals surface area (Å²) in [5, 5.41) is 0. The molecule has 0 aromatic rings. The molecule has 0 fully saturated rings. The van der Waals surface area contributed by atoms with E-state index in [0.29, 0.717) is 5.41 Å². The third-order valence-electron chi connectivity index (χ3n) is 4.13. The van der Waals surface area contributed by atoms with Crippen LogP contribution >= 0.6 is 0 Å². The normalized spacial score (nSPS) is 14.8. The van der Waals surface area contributed by atoms with Crippen molar-refractivity contribution in [3.63, 3.8) is 0 Å². The summed E-state index contributed by atoms with van der Waals surface area (Å²) in [4.78, 5) is 2.52. The minimum Gasteiger partial charge on any atom is -0.384 e. The molecule has 0 heterocycles. The van der Waals surface area contributed by atoms with Crippen LogP contribution in [0.15, 0.2) is 0 Å². The molecule has 0 aromatic carbocycles. The number of methoxy groups -OCH3 is 1. The van der Waals surface area contributed by atoms with E-state index in [-0.39, 0.29) is 0 Å². The first-order chi connectivity index (χ1) is 9.11. The van der Waals surface area contributed by atoms with E-state index in [1.54, 1.807) is 0 Å². The van der Waals surface area contributed by atoms with Gasteiger partial charge in [-0.15, -0.1) is 0 Å². The van der Waals surface area contributed by atoms with Gasteiger partial charge in [-0.3, -0.25) is 0 Å². The van der Waals surface area contributed by atoms with Gasteiger partial charge in [0, 0.05) is 19.1 Å². The van der Waals surface area contributed by atoms with Gasteiger partial charge in [0.15, 0.2) is 0 Å². The monoisotopic (exact) mass is 271 g/mol. The molecule has 2 nitrogen and oxygen atoms in total. The van der Waals surface area contributed by atoms with E-state index in [0.717, 1.165) is 19.7 Å². The van der Waals surface area contributed by atoms with Gasteiger partial charge in [-0.25, -0.2) is 0 Å². The molecule has 0 aliphatic rings. The van der Waals surface area contributed by atoms with Gasteiger partial charge in [0.1, 0.15) is 0 Å². The molecular weight excluding hydrogens is 234 g/mol. The fourth-order valence-corrected chi connectivity index (χ4v) is 2.86. The first-order valence-corrected chi connectivity index (χ1v) is 8.33. The second kappa shape index (κ2) is 11.7. The highest BCUT2D eigenvalue weighted by Crippen LogP contribution is 2.26. The number of unbranched alkanes of at least 4 members (excludes halogenated alkanes) is 5. The van der Waals surface area contributed by atoms with Crippen LogP contribution in [0, 0.1) is 5.41 Å². The van der Waals surface area contributed by atoms with E-state index in [9.17, 15) is 0 Å². The van der Waals surface area contributed by atoms with Crippen molar-refractivity contribution in [3.8, 4) is 0 Å². The van der Waals surface area contributed by atoms with Crippen LogP contribution in [0.5, 0.6) is 0 Å². The zero-order chi connectivity index (χ0) is 14.6. The number of ether oxygens (including phenoxy) is 1. The van der Waals surface area contributed by atoms with Crippen LogP contribution in [0.1, 0.15) is 72.6 Å². The molecule has 0 radical (unpaired) electrons. The SMILES string of the molecule is CCCCCCCCC(C)(COC)CN(CC)CC. The molecule has 0 rings (SSSR count). The van der Waals surface area contributed by atoms with Crippen LogP contribution in [0.2, 0.25) is 0 Å². The molecule has 0 amide bonds. The molecule has 0 N–H and O–H groups in total. The van der Waals surface area contributed by atoms with E-state index in [1.165, 1.54) is 51.5 Å². The van der Waals surface area contributed by atoms with Crippen molar-refractivity contribution in [3.05, 3.63) is 0 Å². The fourth-order valence-electron chi connectivity index (χ4n) is 2.86. The number of nitrogens with zero attached hydrogens (tertiary/aromatic N) is 1. The molecule has 0 saturated carbocycles. The third-order valence-corrected chi connectivity index (χ3v) is 4.13. The zero-order valence-corrected chi connectivity index (χ0v) is 14.1. The van der Waals surface area contributed by atoms with Crippen LogP contribution in [-0.4, -0.2) is 38.3 Å². The lowest BCUT2D eigenvalue weighted by molar-refractivity contribution is 0.0521. The van der Waals surface area contributed by atoms with Gasteiger partial charge in [0.2, 0.25) is 0 Å². The maximum atomic E-state index is 5.47. The van der Waals surface area contributed by atoms with Crippen molar-refractivity contribution < 1.29 is 4.74 Å². The van der Waals surface area contributed by atoms with Gasteiger partial charge in [0.25, 0.3) is 0 Å². The average molecular weight is 271 g/mol. The van der Waals surface area contributed by atoms with Crippen molar-refractivity contribution in [2.45, 2.75) is 72.6 Å². The summed E-state index contributed by atoms with van der Waals surface area (Å²) in [7, 11) is 1.84. The zero-order valence-electron chi connectivity index (χ0n) is 14.1. The standard InChI is InChI=1S/C17H37NO/c1-6-9-10-11-12-13-14-17(4,16-19-5)15-18(7-2)8-3/h6-16H2,1-5H3. The summed E-state index contributed by atoms with van der Waals surface area (Å²) < 4.78 is 5.47. The lowest BCUT2D eigenvalue weighted by Gasteiger charge is -2.34. The Morgan fingerprint density at radius 3 is 2.00 bits per heavy atom. The highest BCUT2D eigenvalue weighted by molar-refractivity contribution is 4.78. The van der Waals surface area contributed by atoms with E-state index in [4.69, 9.17) is 4.74 Å². The summed E-state index contributed by atoms with van der Waals surface area (Å²) >= 11 is 0. The Hall–Kier alpha value is -0.0800. The maximum absolute atomic E-state index is 5.47. The largest absolute Gasteiger partial charge is 0.384 e. The Kier molecular flexibility index (Phi) is 11.7. The first-order valence-electron chi connectivity index (χ1n) is 8.33. The fraction of sp³-hybridized carbons (Fsp3) is 1.00. The van der Waals surface area contributed by atoms with Crippen molar-refractivity contribution in [2.75, 3.05) is 33.4 Å². The second-order valence-electron chi connectivity index (χ2n) is 6.22. The minimum atomic E-state index is 0.325. The van der Waals surface area contributed by atoms with E-state index in [2.05, 4.69) is 32.6 Å². The number of hydrogen-bond acceptors (Lipinski definition) is 2. The molecule has 0 aromatic heterocycles. The Labute approximate surface area is 121 Å². The smallest absolute Gasteiger partial charge is 0.0528 e. The van der Waals surface area contributed by atoms with Crippen molar-refractivity contribution in [2.24, 2.45) is 5.41 Å². The molecule has 116 valence electrons. The quantitative estimate of drug-likeness (QED) is 0.449. The maximum Gasteiger partial charge on any atom is 0.0528 e. The summed E-state index contributed by atoms with van der Waals surface area (Å²) in [6, 6.07) is 0. The minimum absolute atomic E-state index is 0.325. The lowest BCUT2D eigenvalue weighted by atomic mass is 9.84. The first kappa shape index (κ1) is 18.9. The van der Waals surface area contributed by atoms with Gasteiger partial charge in [-0.05, 0) is 19.5 Å². The van der Waals surface area contributed by atoms with Crippen LogP contribution < -0.4 is 0 Å². The van der Waals surface area contributed by atoms with Gasteiger partial charge >= 0.3 is 0 Å². The van der Waals surface area contributed by atoms with Gasteiger partial charge in [0.05, 0.1) is 6.61 Å². The Morgan fingerprint density at radius 2 is 1.47 bits per heavy atom. The van der Waals surface area contributed by atoms with Crippen LogP contribution in [0.3, 0.4) is 0 Å². The Bertz CT molecular complexity index is 192. The van der Waals surface area contributed by atoms with Gasteiger partial charge in [-0.1, -0.05) is 66.2 Å². The summed E-state index contributed by atoms with van der Waals surface area (Å²) in [6.07, 6.45) is 9.58. The Balaban J connectivity index is 4.00. The topological polar surface area (TPSA) is 12.5 Å². The molecule has 19 heavy (non-hydrogen) atoms. The number of hydrogen-bond donors (Lipinski definition) is 0. The number of rotatable bonds is 13. The molecule has 0 aliphatic heterocycles. The molecule has 0 bridgehead atoms. The highest BCUT2D eigenvalue weighted by Gasteiger charge is 2.25. The molecular formula is C17H37NO. The molecule has 1 unspecified atom stereocenters. The van der Waals surface area contributed by atoms with E-state index in [1.807, 2.05) is 7.11 Å². The van der Waals surface area contributed by atoms with Crippen LogP contribution in [0.4, 0.5) is 0 Å². The van der Waals surface area contributed by atoms with Crippen LogP contribution in [-0.2, 0) is 4.74 Å². The molecule has 0 aliphatic carbocycles. The molecule has 0 saturated heterocycles. The van der Waals surface area contributed by atoms with Gasteiger partial charge < -0.3 is 9.64 Å². The molecule has 1 atom stereocenters. The highest BCUT2D eigenvalue weighted by atomic mass is 16.5. The van der Waals surface area contributed by atoms with E-state index < -0.39 is 0 Å². The van der Waals surface area contributed by atoms with Crippen molar-refractivity contribution >= 4 is 0 Å². The predicted octanol–water partition coefficient (Wildman–Crippen LogP) is 4.73.